The maximum absolute atomic E-state index is 13.1. The van der Waals surface area contributed by atoms with Crippen LogP contribution in [0.1, 0.15) is 55.6 Å². The summed E-state index contributed by atoms with van der Waals surface area (Å²) in [6.07, 6.45) is 4.62. The Morgan fingerprint density at radius 2 is 1.66 bits per heavy atom. The third-order valence-electron chi connectivity index (χ3n) is 7.00. The number of aliphatic carboxylic acids is 1. The van der Waals surface area contributed by atoms with Crippen molar-refractivity contribution in [3.63, 3.8) is 0 Å². The van der Waals surface area contributed by atoms with Gasteiger partial charge in [-0.05, 0) is 53.5 Å². The number of amides is 2. The van der Waals surface area contributed by atoms with Gasteiger partial charge in [-0.25, -0.2) is 4.79 Å². The van der Waals surface area contributed by atoms with Gasteiger partial charge in [-0.1, -0.05) is 61.4 Å². The molecular formula is C27H32N2O5S. The highest BCUT2D eigenvalue weighted by Crippen LogP contribution is 2.44. The molecule has 0 aromatic heterocycles. The zero-order valence-electron chi connectivity index (χ0n) is 19.9. The molecule has 1 saturated carbocycles. The summed E-state index contributed by atoms with van der Waals surface area (Å²) < 4.78 is 5.63. The van der Waals surface area contributed by atoms with Crippen molar-refractivity contribution in [3.8, 4) is 11.1 Å². The first-order valence-corrected chi connectivity index (χ1v) is 13.5. The number of alkyl carbamates (subject to hydrolysis) is 1. The molecule has 8 heteroatoms. The smallest absolute Gasteiger partial charge is 0.407 e. The van der Waals surface area contributed by atoms with Crippen LogP contribution in [0.5, 0.6) is 0 Å². The van der Waals surface area contributed by atoms with E-state index in [4.69, 9.17) is 4.74 Å². The molecule has 2 aromatic rings. The molecule has 186 valence electrons. The fourth-order valence-electron chi connectivity index (χ4n) is 5.32. The summed E-state index contributed by atoms with van der Waals surface area (Å²) >= 11 is 1.58. The first-order valence-electron chi connectivity index (χ1n) is 12.1. The molecule has 0 bridgehead atoms. The van der Waals surface area contributed by atoms with Crippen LogP contribution < -0.4 is 10.6 Å². The average molecular weight is 497 g/mol. The van der Waals surface area contributed by atoms with Crippen molar-refractivity contribution in [2.75, 3.05) is 18.6 Å². The highest BCUT2D eigenvalue weighted by Gasteiger charge is 2.39. The molecule has 0 saturated heterocycles. The summed E-state index contributed by atoms with van der Waals surface area (Å²) in [7, 11) is 0. The predicted molar refractivity (Wildman–Crippen MR) is 137 cm³/mol. The number of thioether (sulfide) groups is 1. The lowest BCUT2D eigenvalue weighted by Crippen LogP contribution is -2.55. The highest BCUT2D eigenvalue weighted by atomic mass is 32.2. The number of nitrogens with one attached hydrogen (secondary N) is 2. The second-order valence-electron chi connectivity index (χ2n) is 9.35. The minimum absolute atomic E-state index is 0.0658. The topological polar surface area (TPSA) is 105 Å². The largest absolute Gasteiger partial charge is 0.481 e. The molecule has 1 fully saturated rings. The zero-order valence-corrected chi connectivity index (χ0v) is 20.7. The van der Waals surface area contributed by atoms with Crippen LogP contribution in [0, 0.1) is 0 Å². The number of benzene rings is 2. The van der Waals surface area contributed by atoms with Gasteiger partial charge in [0.2, 0.25) is 5.91 Å². The van der Waals surface area contributed by atoms with Crippen LogP contribution in [0.15, 0.2) is 48.5 Å². The summed E-state index contributed by atoms with van der Waals surface area (Å²) in [5, 5.41) is 15.0. The van der Waals surface area contributed by atoms with E-state index < -0.39 is 23.6 Å². The van der Waals surface area contributed by atoms with Crippen LogP contribution in [0.25, 0.3) is 11.1 Å². The number of ether oxygens (including phenoxy) is 1. The first-order chi connectivity index (χ1) is 16.9. The van der Waals surface area contributed by atoms with Gasteiger partial charge in [-0.3, -0.25) is 9.59 Å². The summed E-state index contributed by atoms with van der Waals surface area (Å²) in [6, 6.07) is 15.4. The summed E-state index contributed by atoms with van der Waals surface area (Å²) in [5.41, 5.74) is 3.79. The fraction of sp³-hybridized carbons (Fsp3) is 0.444. The van der Waals surface area contributed by atoms with E-state index in [9.17, 15) is 19.5 Å². The SMILES string of the molecule is CSCC[C@H](NC(=O)OCC1c2ccccc2-c2ccccc21)C(=O)NC1(CC(=O)O)CCCC1. The van der Waals surface area contributed by atoms with Crippen LogP contribution in [-0.2, 0) is 14.3 Å². The summed E-state index contributed by atoms with van der Waals surface area (Å²) in [6.45, 7) is 0.166. The molecule has 3 N–H and O–H groups in total. The normalized spacial score (nSPS) is 16.7. The van der Waals surface area contributed by atoms with E-state index >= 15 is 0 Å². The van der Waals surface area contributed by atoms with Gasteiger partial charge in [-0.2, -0.15) is 11.8 Å². The van der Waals surface area contributed by atoms with E-state index in [1.54, 1.807) is 11.8 Å². The number of fused-ring (bicyclic) bond motifs is 3. The Bertz CT molecular complexity index is 1040. The maximum atomic E-state index is 13.1. The molecular weight excluding hydrogens is 464 g/mol. The van der Waals surface area contributed by atoms with E-state index in [2.05, 4.69) is 34.9 Å². The third kappa shape index (κ3) is 5.81. The van der Waals surface area contributed by atoms with E-state index in [1.807, 2.05) is 30.5 Å². The van der Waals surface area contributed by atoms with Crippen LogP contribution >= 0.6 is 11.8 Å². The van der Waals surface area contributed by atoms with Crippen LogP contribution in [0.2, 0.25) is 0 Å². The lowest BCUT2D eigenvalue weighted by atomic mass is 9.92. The van der Waals surface area contributed by atoms with E-state index in [0.29, 0.717) is 25.0 Å². The molecule has 4 rings (SSSR count). The number of rotatable bonds is 10. The molecule has 35 heavy (non-hydrogen) atoms. The molecule has 0 radical (unpaired) electrons. The number of hydrogen-bond acceptors (Lipinski definition) is 5. The minimum Gasteiger partial charge on any atom is -0.481 e. The molecule has 7 nitrogen and oxygen atoms in total. The van der Waals surface area contributed by atoms with Gasteiger partial charge in [-0.15, -0.1) is 0 Å². The molecule has 0 heterocycles. The van der Waals surface area contributed by atoms with Crippen molar-refractivity contribution in [2.24, 2.45) is 0 Å². The molecule has 2 aromatic carbocycles. The van der Waals surface area contributed by atoms with Crippen LogP contribution in [-0.4, -0.2) is 53.3 Å². The number of carbonyl (C=O) groups excluding carboxylic acids is 2. The molecule has 2 aliphatic rings. The Morgan fingerprint density at radius 1 is 1.06 bits per heavy atom. The average Bonchev–Trinajstić information content (AvgIpc) is 3.42. The second-order valence-corrected chi connectivity index (χ2v) is 10.3. The van der Waals surface area contributed by atoms with E-state index in [0.717, 1.165) is 35.1 Å². The molecule has 0 aliphatic heterocycles. The van der Waals surface area contributed by atoms with Gasteiger partial charge in [0.05, 0.1) is 12.0 Å². The standard InChI is InChI=1S/C27H32N2O5S/c1-35-15-12-23(25(32)29-27(16-24(30)31)13-6-7-14-27)28-26(33)34-17-22-20-10-4-2-8-18(20)19-9-3-5-11-21(19)22/h2-5,8-11,22-23H,6-7,12-17H2,1H3,(H,28,33)(H,29,32)(H,30,31)/t23-/m0/s1. The zero-order chi connectivity index (χ0) is 24.8. The lowest BCUT2D eigenvalue weighted by Gasteiger charge is -2.31. The van der Waals surface area contributed by atoms with Gasteiger partial charge in [0.25, 0.3) is 0 Å². The van der Waals surface area contributed by atoms with Crippen molar-refractivity contribution >= 4 is 29.7 Å². The van der Waals surface area contributed by atoms with E-state index in [1.165, 1.54) is 0 Å². The van der Waals surface area contributed by atoms with Gasteiger partial charge in [0, 0.05) is 5.92 Å². The number of carbonyl (C=O) groups is 3. The number of carboxylic acids is 1. The van der Waals surface area contributed by atoms with Crippen molar-refractivity contribution in [3.05, 3.63) is 59.7 Å². The maximum Gasteiger partial charge on any atom is 0.407 e. The lowest BCUT2D eigenvalue weighted by molar-refractivity contribution is -0.139. The van der Waals surface area contributed by atoms with Crippen LogP contribution in [0.3, 0.4) is 0 Å². The Morgan fingerprint density at radius 3 is 2.23 bits per heavy atom. The Labute approximate surface area is 210 Å². The highest BCUT2D eigenvalue weighted by molar-refractivity contribution is 7.98. The monoisotopic (exact) mass is 496 g/mol. The van der Waals surface area contributed by atoms with Crippen molar-refractivity contribution in [1.29, 1.82) is 0 Å². The van der Waals surface area contributed by atoms with Crippen molar-refractivity contribution < 1.29 is 24.2 Å². The summed E-state index contributed by atoms with van der Waals surface area (Å²) in [4.78, 5) is 37.3. The molecule has 0 unspecified atom stereocenters. The number of hydrogen-bond donors (Lipinski definition) is 3. The number of carboxylic acid groups (broad SMARTS) is 1. The molecule has 0 spiro atoms. The molecule has 2 aliphatic carbocycles. The van der Waals surface area contributed by atoms with Gasteiger partial charge >= 0.3 is 12.1 Å². The first kappa shape index (κ1) is 25.1. The quantitative estimate of drug-likeness (QED) is 0.446. The minimum atomic E-state index is -0.933. The fourth-order valence-corrected chi connectivity index (χ4v) is 5.79. The van der Waals surface area contributed by atoms with Crippen molar-refractivity contribution in [1.82, 2.24) is 10.6 Å². The van der Waals surface area contributed by atoms with Crippen LogP contribution in [0.4, 0.5) is 4.79 Å². The third-order valence-corrected chi connectivity index (χ3v) is 7.65. The van der Waals surface area contributed by atoms with E-state index in [-0.39, 0.29) is 24.9 Å². The van der Waals surface area contributed by atoms with Gasteiger partial charge in [0.15, 0.2) is 0 Å². The molecule has 2 amide bonds. The van der Waals surface area contributed by atoms with Gasteiger partial charge < -0.3 is 20.5 Å². The Balaban J connectivity index is 1.41. The predicted octanol–water partition coefficient (Wildman–Crippen LogP) is 4.55. The Kier molecular flexibility index (Phi) is 8.00. The summed E-state index contributed by atoms with van der Waals surface area (Å²) in [5.74, 6) is -0.676. The van der Waals surface area contributed by atoms with Gasteiger partial charge in [0.1, 0.15) is 12.6 Å². The van der Waals surface area contributed by atoms with Crippen molar-refractivity contribution in [2.45, 2.75) is 56.0 Å². The second kappa shape index (κ2) is 11.2. The Hall–Kier alpha value is -3.00. The molecule has 1 atom stereocenters.